The third kappa shape index (κ3) is 3.22. The first-order chi connectivity index (χ1) is 7.75. The van der Waals surface area contributed by atoms with Gasteiger partial charge in [-0.3, -0.25) is 4.90 Å². The van der Waals surface area contributed by atoms with Gasteiger partial charge in [-0.15, -0.1) is 0 Å². The lowest BCUT2D eigenvalue weighted by molar-refractivity contribution is 0.273. The topological polar surface area (TPSA) is 23.5 Å². The Hall–Kier alpha value is -0.540. The fourth-order valence-corrected chi connectivity index (χ4v) is 2.62. The molecule has 0 bridgehead atoms. The maximum Gasteiger partial charge on any atom is 0.120 e. The number of nitrogens with zero attached hydrogens (tertiary/aromatic N) is 1. The predicted octanol–water partition coefficient (Wildman–Crippen LogP) is 3.53. The zero-order chi connectivity index (χ0) is 11.4. The van der Waals surface area contributed by atoms with E-state index in [1.165, 1.54) is 25.7 Å². The van der Waals surface area contributed by atoms with Gasteiger partial charge in [0.1, 0.15) is 5.75 Å². The van der Waals surface area contributed by atoms with Gasteiger partial charge in [-0.1, -0.05) is 28.8 Å². The van der Waals surface area contributed by atoms with Gasteiger partial charge in [-0.25, -0.2) is 0 Å². The number of aromatic hydroxyl groups is 1. The Labute approximate surface area is 105 Å². The molecule has 1 aliphatic rings. The van der Waals surface area contributed by atoms with Crippen LogP contribution in [-0.2, 0) is 6.54 Å². The molecule has 0 spiro atoms. The molecular weight excluding hydrogens is 266 g/mol. The Morgan fingerprint density at radius 1 is 1.12 bits per heavy atom. The monoisotopic (exact) mass is 283 g/mol. The molecule has 1 aromatic carbocycles. The Bertz CT molecular complexity index is 346. The molecule has 0 amide bonds. The van der Waals surface area contributed by atoms with Crippen molar-refractivity contribution in [2.75, 3.05) is 13.1 Å². The van der Waals surface area contributed by atoms with Crippen LogP contribution in [0.5, 0.6) is 5.75 Å². The highest BCUT2D eigenvalue weighted by molar-refractivity contribution is 9.10. The van der Waals surface area contributed by atoms with Gasteiger partial charge in [0.05, 0.1) is 0 Å². The normalized spacial score (nSPS) is 18.3. The molecule has 16 heavy (non-hydrogen) atoms. The number of phenols is 1. The highest BCUT2D eigenvalue weighted by Gasteiger charge is 2.11. The van der Waals surface area contributed by atoms with Crippen LogP contribution in [0.25, 0.3) is 0 Å². The number of hydrogen-bond acceptors (Lipinski definition) is 2. The second-order valence-electron chi connectivity index (χ2n) is 4.46. The van der Waals surface area contributed by atoms with E-state index in [2.05, 4.69) is 20.8 Å². The molecule has 0 unspecified atom stereocenters. The summed E-state index contributed by atoms with van der Waals surface area (Å²) in [6.45, 7) is 3.18. The molecule has 1 saturated heterocycles. The third-order valence-electron chi connectivity index (χ3n) is 3.13. The van der Waals surface area contributed by atoms with E-state index in [9.17, 15) is 5.11 Å². The van der Waals surface area contributed by atoms with Crippen molar-refractivity contribution < 1.29 is 5.11 Å². The van der Waals surface area contributed by atoms with Crippen molar-refractivity contribution in [2.24, 2.45) is 0 Å². The van der Waals surface area contributed by atoms with Crippen LogP contribution < -0.4 is 0 Å². The molecule has 0 aromatic heterocycles. The van der Waals surface area contributed by atoms with E-state index in [4.69, 9.17) is 0 Å². The minimum absolute atomic E-state index is 0.410. The highest BCUT2D eigenvalue weighted by atomic mass is 79.9. The summed E-state index contributed by atoms with van der Waals surface area (Å²) in [5, 5.41) is 9.79. The SMILES string of the molecule is Oc1ccc(Br)cc1CN1CCCCCC1. The second-order valence-corrected chi connectivity index (χ2v) is 5.38. The summed E-state index contributed by atoms with van der Waals surface area (Å²) in [7, 11) is 0. The first kappa shape index (κ1) is 11.9. The zero-order valence-corrected chi connectivity index (χ0v) is 11.0. The fraction of sp³-hybridized carbons (Fsp3) is 0.538. The number of benzene rings is 1. The van der Waals surface area contributed by atoms with Gasteiger partial charge in [-0.05, 0) is 44.1 Å². The maximum absolute atomic E-state index is 9.79. The third-order valence-corrected chi connectivity index (χ3v) is 3.63. The van der Waals surface area contributed by atoms with Crippen LogP contribution in [-0.4, -0.2) is 23.1 Å². The molecule has 3 heteroatoms. The predicted molar refractivity (Wildman–Crippen MR) is 69.6 cm³/mol. The molecule has 2 rings (SSSR count). The van der Waals surface area contributed by atoms with Gasteiger partial charge in [0.25, 0.3) is 0 Å². The number of phenolic OH excluding ortho intramolecular Hbond substituents is 1. The van der Waals surface area contributed by atoms with Crippen LogP contribution >= 0.6 is 15.9 Å². The summed E-state index contributed by atoms with van der Waals surface area (Å²) in [4.78, 5) is 2.44. The van der Waals surface area contributed by atoms with Crippen molar-refractivity contribution in [1.82, 2.24) is 4.90 Å². The summed E-state index contributed by atoms with van der Waals surface area (Å²) in [6, 6.07) is 5.65. The average Bonchev–Trinajstić information content (AvgIpc) is 2.52. The van der Waals surface area contributed by atoms with Gasteiger partial charge in [0, 0.05) is 16.6 Å². The van der Waals surface area contributed by atoms with Crippen molar-refractivity contribution in [3.05, 3.63) is 28.2 Å². The van der Waals surface area contributed by atoms with Crippen LogP contribution in [0.15, 0.2) is 22.7 Å². The summed E-state index contributed by atoms with van der Waals surface area (Å²) in [6.07, 6.45) is 5.27. The van der Waals surface area contributed by atoms with E-state index in [1.54, 1.807) is 6.07 Å². The summed E-state index contributed by atoms with van der Waals surface area (Å²) in [5.74, 6) is 0.410. The maximum atomic E-state index is 9.79. The number of rotatable bonds is 2. The van der Waals surface area contributed by atoms with Gasteiger partial charge in [0.2, 0.25) is 0 Å². The standard InChI is InChI=1S/C13H18BrNO/c14-12-5-6-13(16)11(9-12)10-15-7-3-1-2-4-8-15/h5-6,9,16H,1-4,7-8,10H2. The van der Waals surface area contributed by atoms with Crippen LogP contribution in [0, 0.1) is 0 Å². The summed E-state index contributed by atoms with van der Waals surface area (Å²) in [5.41, 5.74) is 1.02. The molecule has 1 aromatic rings. The summed E-state index contributed by atoms with van der Waals surface area (Å²) >= 11 is 3.45. The lowest BCUT2D eigenvalue weighted by Crippen LogP contribution is -2.23. The molecule has 0 saturated carbocycles. The van der Waals surface area contributed by atoms with E-state index in [1.807, 2.05) is 12.1 Å². The fourth-order valence-electron chi connectivity index (χ4n) is 2.22. The van der Waals surface area contributed by atoms with Crippen LogP contribution in [0.4, 0.5) is 0 Å². The molecular formula is C13H18BrNO. The molecule has 0 radical (unpaired) electrons. The van der Waals surface area contributed by atoms with Gasteiger partial charge in [0.15, 0.2) is 0 Å². The van der Waals surface area contributed by atoms with Gasteiger partial charge >= 0.3 is 0 Å². The van der Waals surface area contributed by atoms with Gasteiger partial charge < -0.3 is 5.11 Å². The average molecular weight is 284 g/mol. The molecule has 1 aliphatic heterocycles. The first-order valence-electron chi connectivity index (χ1n) is 5.95. The van der Waals surface area contributed by atoms with Crippen molar-refractivity contribution in [3.63, 3.8) is 0 Å². The lowest BCUT2D eigenvalue weighted by Gasteiger charge is -2.20. The smallest absolute Gasteiger partial charge is 0.120 e. The van der Waals surface area contributed by atoms with Crippen molar-refractivity contribution in [3.8, 4) is 5.75 Å². The van der Waals surface area contributed by atoms with Gasteiger partial charge in [-0.2, -0.15) is 0 Å². The minimum Gasteiger partial charge on any atom is -0.508 e. The second kappa shape index (κ2) is 5.69. The highest BCUT2D eigenvalue weighted by Crippen LogP contribution is 2.24. The van der Waals surface area contributed by atoms with Crippen LogP contribution in [0.3, 0.4) is 0 Å². The molecule has 0 atom stereocenters. The Morgan fingerprint density at radius 2 is 1.81 bits per heavy atom. The van der Waals surface area contributed by atoms with E-state index in [0.29, 0.717) is 5.75 Å². The van der Waals surface area contributed by atoms with Crippen molar-refractivity contribution in [1.29, 1.82) is 0 Å². The Morgan fingerprint density at radius 3 is 2.50 bits per heavy atom. The number of hydrogen-bond donors (Lipinski definition) is 1. The van der Waals surface area contributed by atoms with E-state index in [-0.39, 0.29) is 0 Å². The molecule has 1 N–H and O–H groups in total. The van der Waals surface area contributed by atoms with Crippen molar-refractivity contribution in [2.45, 2.75) is 32.2 Å². The van der Waals surface area contributed by atoms with Crippen molar-refractivity contribution >= 4 is 15.9 Å². The molecule has 88 valence electrons. The largest absolute Gasteiger partial charge is 0.508 e. The Kier molecular flexibility index (Phi) is 4.24. The first-order valence-corrected chi connectivity index (χ1v) is 6.75. The molecule has 0 aliphatic carbocycles. The molecule has 2 nitrogen and oxygen atoms in total. The zero-order valence-electron chi connectivity index (χ0n) is 9.45. The van der Waals surface area contributed by atoms with Crippen LogP contribution in [0.2, 0.25) is 0 Å². The van der Waals surface area contributed by atoms with E-state index in [0.717, 1.165) is 29.7 Å². The minimum atomic E-state index is 0.410. The van der Waals surface area contributed by atoms with E-state index < -0.39 is 0 Å². The lowest BCUT2D eigenvalue weighted by atomic mass is 10.2. The molecule has 1 fully saturated rings. The number of halogens is 1. The quantitative estimate of drug-likeness (QED) is 0.898. The van der Waals surface area contributed by atoms with E-state index >= 15 is 0 Å². The molecule has 1 heterocycles. The summed E-state index contributed by atoms with van der Waals surface area (Å²) < 4.78 is 1.04. The number of likely N-dealkylation sites (tertiary alicyclic amines) is 1. The van der Waals surface area contributed by atoms with Crippen LogP contribution in [0.1, 0.15) is 31.2 Å². The Balaban J connectivity index is 2.04.